The van der Waals surface area contributed by atoms with E-state index < -0.39 is 0 Å². The Hall–Kier alpha value is -1.81. The number of carbonyl (C=O) groups excluding carboxylic acids is 1. The van der Waals surface area contributed by atoms with Crippen LogP contribution >= 0.6 is 0 Å². The highest BCUT2D eigenvalue weighted by molar-refractivity contribution is 5.97. The normalized spacial score (nSPS) is 10.7. The number of aromatic nitrogens is 1. The van der Waals surface area contributed by atoms with Crippen LogP contribution in [0.2, 0.25) is 0 Å². The van der Waals surface area contributed by atoms with Gasteiger partial charge in [-0.2, -0.15) is 0 Å². The Kier molecular flexibility index (Phi) is 3.44. The van der Waals surface area contributed by atoms with Gasteiger partial charge >= 0.3 is 0 Å². The predicted molar refractivity (Wildman–Crippen MR) is 68.9 cm³/mol. The fraction of sp³-hybridized carbons (Fsp3) is 0.308. The van der Waals surface area contributed by atoms with Crippen molar-refractivity contribution < 1.29 is 4.79 Å². The molecule has 4 heteroatoms. The highest BCUT2D eigenvalue weighted by Crippen LogP contribution is 2.15. The number of nitrogens with two attached hydrogens (primary N) is 1. The van der Waals surface area contributed by atoms with E-state index in [0.29, 0.717) is 18.8 Å². The molecular weight excluding hydrogens is 214 g/mol. The predicted octanol–water partition coefficient (Wildman–Crippen LogP) is 1.59. The second kappa shape index (κ2) is 5.01. The van der Waals surface area contributed by atoms with Gasteiger partial charge in [0.25, 0.3) is 5.91 Å². The van der Waals surface area contributed by atoms with Crippen molar-refractivity contribution >= 4 is 16.8 Å². The summed E-state index contributed by atoms with van der Waals surface area (Å²) in [5.41, 5.74) is 7.05. The Morgan fingerprint density at radius 1 is 1.41 bits per heavy atom. The fourth-order valence-corrected chi connectivity index (χ4v) is 1.82. The summed E-state index contributed by atoms with van der Waals surface area (Å²) in [7, 11) is 1.80. The molecule has 1 amide bonds. The Bertz CT molecular complexity index is 485. The van der Waals surface area contributed by atoms with Crippen LogP contribution in [0.5, 0.6) is 0 Å². The van der Waals surface area contributed by atoms with Gasteiger partial charge in [-0.25, -0.2) is 0 Å². The Morgan fingerprint density at radius 2 is 2.18 bits per heavy atom. The molecule has 3 N–H and O–H groups in total. The summed E-state index contributed by atoms with van der Waals surface area (Å²) >= 11 is 0. The van der Waals surface area contributed by atoms with Crippen LogP contribution in [0.15, 0.2) is 30.3 Å². The molecule has 4 nitrogen and oxygen atoms in total. The molecular formula is C13H17N3O. The highest BCUT2D eigenvalue weighted by Gasteiger charge is 2.13. The van der Waals surface area contributed by atoms with E-state index in [2.05, 4.69) is 4.98 Å². The lowest BCUT2D eigenvalue weighted by atomic mass is 10.2. The minimum absolute atomic E-state index is 0.00894. The largest absolute Gasteiger partial charge is 0.351 e. The molecule has 90 valence electrons. The molecule has 0 saturated heterocycles. The summed E-state index contributed by atoms with van der Waals surface area (Å²) in [6.45, 7) is 1.29. The van der Waals surface area contributed by atoms with Gasteiger partial charge < -0.3 is 15.6 Å². The molecule has 0 atom stereocenters. The Morgan fingerprint density at radius 3 is 2.88 bits per heavy atom. The van der Waals surface area contributed by atoms with Crippen LogP contribution in [0, 0.1) is 0 Å². The molecule has 0 bridgehead atoms. The lowest BCUT2D eigenvalue weighted by Gasteiger charge is -2.15. The van der Waals surface area contributed by atoms with Gasteiger partial charge in [-0.1, -0.05) is 18.2 Å². The summed E-state index contributed by atoms with van der Waals surface area (Å²) in [5.74, 6) is 0.00894. The number of hydrogen-bond acceptors (Lipinski definition) is 2. The minimum atomic E-state index is 0.00894. The first kappa shape index (κ1) is 11.7. The molecule has 0 fully saturated rings. The minimum Gasteiger partial charge on any atom is -0.351 e. The lowest BCUT2D eigenvalue weighted by Crippen LogP contribution is -2.29. The molecule has 0 spiro atoms. The Labute approximate surface area is 100 Å². The van der Waals surface area contributed by atoms with E-state index in [1.807, 2.05) is 30.3 Å². The molecule has 0 unspecified atom stereocenters. The van der Waals surface area contributed by atoms with Crippen LogP contribution in [0.1, 0.15) is 16.9 Å². The summed E-state index contributed by atoms with van der Waals surface area (Å²) in [4.78, 5) is 16.9. The maximum atomic E-state index is 12.1. The second-order valence-electron chi connectivity index (χ2n) is 4.14. The van der Waals surface area contributed by atoms with Gasteiger partial charge in [-0.3, -0.25) is 4.79 Å². The van der Waals surface area contributed by atoms with Crippen molar-refractivity contribution in [2.45, 2.75) is 6.42 Å². The van der Waals surface area contributed by atoms with Crippen LogP contribution < -0.4 is 5.73 Å². The van der Waals surface area contributed by atoms with E-state index in [1.54, 1.807) is 11.9 Å². The molecule has 2 aromatic rings. The molecule has 0 saturated carbocycles. The molecule has 1 heterocycles. The van der Waals surface area contributed by atoms with Gasteiger partial charge in [-0.15, -0.1) is 0 Å². The van der Waals surface area contributed by atoms with Gasteiger partial charge in [0.2, 0.25) is 0 Å². The number of benzene rings is 1. The zero-order chi connectivity index (χ0) is 12.3. The van der Waals surface area contributed by atoms with E-state index in [9.17, 15) is 4.79 Å². The number of aromatic amines is 1. The molecule has 0 aliphatic heterocycles. The molecule has 1 aromatic heterocycles. The third-order valence-corrected chi connectivity index (χ3v) is 2.80. The topological polar surface area (TPSA) is 62.1 Å². The molecule has 1 aromatic carbocycles. The first-order chi connectivity index (χ1) is 8.22. The number of carbonyl (C=O) groups is 1. The SMILES string of the molecule is CN(CCCN)C(=O)c1cc2ccccc2[nH]1. The number of para-hydroxylation sites is 1. The first-order valence-electron chi connectivity index (χ1n) is 5.75. The second-order valence-corrected chi connectivity index (χ2v) is 4.14. The average molecular weight is 231 g/mol. The third-order valence-electron chi connectivity index (χ3n) is 2.80. The quantitative estimate of drug-likeness (QED) is 0.839. The highest BCUT2D eigenvalue weighted by atomic mass is 16.2. The maximum absolute atomic E-state index is 12.1. The summed E-state index contributed by atoms with van der Waals surface area (Å²) in [5, 5.41) is 1.06. The molecule has 0 aliphatic rings. The number of hydrogen-bond donors (Lipinski definition) is 2. The summed E-state index contributed by atoms with van der Waals surface area (Å²) in [6.07, 6.45) is 0.822. The van der Waals surface area contributed by atoms with Gasteiger partial charge in [0.1, 0.15) is 5.69 Å². The van der Waals surface area contributed by atoms with Crippen molar-refractivity contribution in [3.63, 3.8) is 0 Å². The molecule has 0 aliphatic carbocycles. The lowest BCUT2D eigenvalue weighted by molar-refractivity contribution is 0.0789. The van der Waals surface area contributed by atoms with Crippen LogP contribution in [0.25, 0.3) is 10.9 Å². The smallest absolute Gasteiger partial charge is 0.270 e. The number of nitrogens with zero attached hydrogens (tertiary/aromatic N) is 1. The fourth-order valence-electron chi connectivity index (χ4n) is 1.82. The average Bonchev–Trinajstić information content (AvgIpc) is 2.78. The third kappa shape index (κ3) is 2.47. The van der Waals surface area contributed by atoms with E-state index in [1.165, 1.54) is 0 Å². The molecule has 0 radical (unpaired) electrons. The van der Waals surface area contributed by atoms with Gasteiger partial charge in [0, 0.05) is 24.5 Å². The zero-order valence-electron chi connectivity index (χ0n) is 9.94. The van der Waals surface area contributed by atoms with Crippen molar-refractivity contribution in [2.24, 2.45) is 5.73 Å². The van der Waals surface area contributed by atoms with Crippen molar-refractivity contribution in [1.29, 1.82) is 0 Å². The maximum Gasteiger partial charge on any atom is 0.270 e. The van der Waals surface area contributed by atoms with Crippen LogP contribution in [0.4, 0.5) is 0 Å². The van der Waals surface area contributed by atoms with Gasteiger partial charge in [0.15, 0.2) is 0 Å². The van der Waals surface area contributed by atoms with E-state index in [-0.39, 0.29) is 5.91 Å². The van der Waals surface area contributed by atoms with E-state index in [0.717, 1.165) is 17.3 Å². The first-order valence-corrected chi connectivity index (χ1v) is 5.75. The van der Waals surface area contributed by atoms with E-state index in [4.69, 9.17) is 5.73 Å². The molecule has 2 rings (SSSR count). The monoisotopic (exact) mass is 231 g/mol. The van der Waals surface area contributed by atoms with E-state index >= 15 is 0 Å². The van der Waals surface area contributed by atoms with Crippen molar-refractivity contribution in [1.82, 2.24) is 9.88 Å². The molecule has 17 heavy (non-hydrogen) atoms. The van der Waals surface area contributed by atoms with Crippen molar-refractivity contribution in [3.05, 3.63) is 36.0 Å². The van der Waals surface area contributed by atoms with Crippen LogP contribution in [0.3, 0.4) is 0 Å². The summed E-state index contributed by atoms with van der Waals surface area (Å²) < 4.78 is 0. The van der Waals surface area contributed by atoms with Crippen molar-refractivity contribution in [3.8, 4) is 0 Å². The zero-order valence-corrected chi connectivity index (χ0v) is 9.94. The van der Waals surface area contributed by atoms with Gasteiger partial charge in [0.05, 0.1) is 0 Å². The Balaban J connectivity index is 2.18. The number of amides is 1. The number of fused-ring (bicyclic) bond motifs is 1. The van der Waals surface area contributed by atoms with Crippen LogP contribution in [-0.2, 0) is 0 Å². The summed E-state index contributed by atoms with van der Waals surface area (Å²) in [6, 6.07) is 9.75. The van der Waals surface area contributed by atoms with Crippen LogP contribution in [-0.4, -0.2) is 35.9 Å². The number of H-pyrrole nitrogens is 1. The number of nitrogens with one attached hydrogen (secondary N) is 1. The number of rotatable bonds is 4. The van der Waals surface area contributed by atoms with Gasteiger partial charge in [-0.05, 0) is 25.1 Å². The van der Waals surface area contributed by atoms with Crippen molar-refractivity contribution in [2.75, 3.05) is 20.1 Å². The standard InChI is InChI=1S/C13H17N3O/c1-16(8-4-7-14)13(17)12-9-10-5-2-3-6-11(10)15-12/h2-3,5-6,9,15H,4,7-8,14H2,1H3.